The van der Waals surface area contributed by atoms with E-state index in [2.05, 4.69) is 91.4 Å². The second-order valence-corrected chi connectivity index (χ2v) is 20.7. The van der Waals surface area contributed by atoms with Crippen LogP contribution in [0.5, 0.6) is 0 Å². The van der Waals surface area contributed by atoms with Gasteiger partial charge in [0.1, 0.15) is 12.2 Å². The number of hydrogen-bond donors (Lipinski definition) is 0. The van der Waals surface area contributed by atoms with Crippen LogP contribution in [0.3, 0.4) is 0 Å². The van der Waals surface area contributed by atoms with Crippen LogP contribution in [-0.2, 0) is 8.85 Å². The van der Waals surface area contributed by atoms with Crippen molar-refractivity contribution in [1.29, 1.82) is 0 Å². The maximum absolute atomic E-state index is 6.67. The molecule has 1 aliphatic carbocycles. The quantitative estimate of drug-likeness (QED) is 0.356. The van der Waals surface area contributed by atoms with E-state index in [1.807, 2.05) is 0 Å². The van der Waals surface area contributed by atoms with Gasteiger partial charge in [-0.15, -0.1) is 11.8 Å². The lowest BCUT2D eigenvalue weighted by Gasteiger charge is -2.39. The molecule has 2 nitrogen and oxygen atoms in total. The highest BCUT2D eigenvalue weighted by Gasteiger charge is 2.40. The fourth-order valence-electron chi connectivity index (χ4n) is 2.49. The van der Waals surface area contributed by atoms with Gasteiger partial charge in [-0.25, -0.2) is 0 Å². The van der Waals surface area contributed by atoms with E-state index in [0.717, 1.165) is 38.5 Å². The third kappa shape index (κ3) is 8.07. The molecule has 0 bridgehead atoms. The SMILES string of the molecule is CC(C)(C)[Si](C)(C)OC1C#CCCCCC#CC(O[Si](C)(C)C(C)(C)C)CC1. The summed E-state index contributed by atoms with van der Waals surface area (Å²) < 4.78 is 13.3. The van der Waals surface area contributed by atoms with E-state index < -0.39 is 16.6 Å². The Morgan fingerprint density at radius 1 is 0.643 bits per heavy atom. The van der Waals surface area contributed by atoms with Crippen molar-refractivity contribution in [3.63, 3.8) is 0 Å². The summed E-state index contributed by atoms with van der Waals surface area (Å²) in [6, 6.07) is 0. The van der Waals surface area contributed by atoms with Crippen molar-refractivity contribution >= 4 is 16.6 Å². The van der Waals surface area contributed by atoms with Crippen LogP contribution in [0, 0.1) is 23.7 Å². The fourth-order valence-corrected chi connectivity index (χ4v) is 4.97. The summed E-state index contributed by atoms with van der Waals surface area (Å²) in [7, 11) is -3.70. The Labute approximate surface area is 177 Å². The van der Waals surface area contributed by atoms with Gasteiger partial charge >= 0.3 is 0 Å². The molecule has 1 aliphatic rings. The van der Waals surface area contributed by atoms with Gasteiger partial charge in [0.15, 0.2) is 16.6 Å². The van der Waals surface area contributed by atoms with Crippen molar-refractivity contribution in [3.05, 3.63) is 0 Å². The maximum atomic E-state index is 6.67. The van der Waals surface area contributed by atoms with E-state index in [-0.39, 0.29) is 22.3 Å². The Hall–Kier alpha value is -0.526. The average molecular weight is 421 g/mol. The van der Waals surface area contributed by atoms with Crippen LogP contribution in [0.1, 0.15) is 80.1 Å². The van der Waals surface area contributed by atoms with Crippen LogP contribution in [0.25, 0.3) is 0 Å². The second kappa shape index (κ2) is 9.99. The molecular formula is C24H44O2Si2. The standard InChI is InChI=1S/C24H44O2Si2/c1-23(2,3)27(7,8)25-21-17-15-13-11-12-14-16-18-22(20-19-21)26-28(9,10)24(4,5)6/h21-22H,11-14,19-20H2,1-10H3. The normalized spacial score (nSPS) is 22.8. The smallest absolute Gasteiger partial charge is 0.193 e. The lowest BCUT2D eigenvalue weighted by Crippen LogP contribution is -2.45. The highest BCUT2D eigenvalue weighted by atomic mass is 28.4. The molecule has 0 aromatic heterocycles. The monoisotopic (exact) mass is 420 g/mol. The molecule has 0 saturated carbocycles. The van der Waals surface area contributed by atoms with Crippen LogP contribution in [0.2, 0.25) is 36.3 Å². The van der Waals surface area contributed by atoms with Gasteiger partial charge in [0, 0.05) is 12.8 Å². The van der Waals surface area contributed by atoms with E-state index in [9.17, 15) is 0 Å². The van der Waals surface area contributed by atoms with Gasteiger partial charge < -0.3 is 8.85 Å². The molecule has 0 aromatic carbocycles. The lowest BCUT2D eigenvalue weighted by molar-refractivity contribution is 0.177. The van der Waals surface area contributed by atoms with Gasteiger partial charge in [0.05, 0.1) is 0 Å². The average Bonchev–Trinajstić information content (AvgIpc) is 2.50. The first-order valence-electron chi connectivity index (χ1n) is 11.0. The van der Waals surface area contributed by atoms with Gasteiger partial charge in [0.25, 0.3) is 0 Å². The minimum absolute atomic E-state index is 0.00682. The van der Waals surface area contributed by atoms with Crippen LogP contribution < -0.4 is 0 Å². The molecule has 0 spiro atoms. The zero-order valence-electron chi connectivity index (χ0n) is 20.2. The van der Waals surface area contributed by atoms with E-state index in [4.69, 9.17) is 8.85 Å². The third-order valence-corrected chi connectivity index (χ3v) is 15.5. The minimum atomic E-state index is -1.85. The fraction of sp³-hybridized carbons (Fsp3) is 0.833. The highest BCUT2D eigenvalue weighted by Crippen LogP contribution is 2.39. The second-order valence-electron chi connectivity index (χ2n) is 11.2. The molecule has 0 amide bonds. The first kappa shape index (κ1) is 25.5. The van der Waals surface area contributed by atoms with Gasteiger partial charge in [-0.1, -0.05) is 53.4 Å². The minimum Gasteiger partial charge on any atom is -0.403 e. The Morgan fingerprint density at radius 2 is 0.964 bits per heavy atom. The Balaban J connectivity index is 2.98. The summed E-state index contributed by atoms with van der Waals surface area (Å²) in [5.41, 5.74) is 0. The molecule has 0 saturated heterocycles. The zero-order valence-corrected chi connectivity index (χ0v) is 22.2. The van der Waals surface area contributed by atoms with Gasteiger partial charge in [-0.3, -0.25) is 0 Å². The molecule has 0 radical (unpaired) electrons. The summed E-state index contributed by atoms with van der Waals surface area (Å²) in [5.74, 6) is 13.7. The number of hydrogen-bond acceptors (Lipinski definition) is 2. The predicted molar refractivity (Wildman–Crippen MR) is 127 cm³/mol. The topological polar surface area (TPSA) is 18.5 Å². The van der Waals surface area contributed by atoms with Crippen LogP contribution in [-0.4, -0.2) is 28.8 Å². The van der Waals surface area contributed by atoms with E-state index >= 15 is 0 Å². The molecule has 28 heavy (non-hydrogen) atoms. The molecule has 2 unspecified atom stereocenters. The van der Waals surface area contributed by atoms with E-state index in [1.165, 1.54) is 0 Å². The first-order valence-corrected chi connectivity index (χ1v) is 16.8. The molecule has 4 heteroatoms. The maximum Gasteiger partial charge on any atom is 0.193 e. The molecule has 0 fully saturated rings. The molecule has 0 aliphatic heterocycles. The Morgan fingerprint density at radius 3 is 1.25 bits per heavy atom. The molecule has 0 aromatic rings. The zero-order chi connectivity index (χ0) is 21.6. The molecule has 0 heterocycles. The summed E-state index contributed by atoms with van der Waals surface area (Å²) in [5, 5.41) is 0.379. The van der Waals surface area contributed by atoms with Crippen LogP contribution >= 0.6 is 0 Å². The number of rotatable bonds is 4. The van der Waals surface area contributed by atoms with Gasteiger partial charge in [-0.2, -0.15) is 0 Å². The van der Waals surface area contributed by atoms with E-state index in [0.29, 0.717) is 0 Å². The predicted octanol–water partition coefficient (Wildman–Crippen LogP) is 7.13. The van der Waals surface area contributed by atoms with Crippen LogP contribution in [0.4, 0.5) is 0 Å². The Bertz CT molecular complexity index is 559. The van der Waals surface area contributed by atoms with E-state index in [1.54, 1.807) is 0 Å². The van der Waals surface area contributed by atoms with Crippen molar-refractivity contribution in [1.82, 2.24) is 0 Å². The largest absolute Gasteiger partial charge is 0.403 e. The molecule has 2 atom stereocenters. The third-order valence-electron chi connectivity index (χ3n) is 6.56. The highest BCUT2D eigenvalue weighted by molar-refractivity contribution is 6.74. The van der Waals surface area contributed by atoms with Gasteiger partial charge in [-0.05, 0) is 61.9 Å². The summed E-state index contributed by atoms with van der Waals surface area (Å²) in [4.78, 5) is 0. The summed E-state index contributed by atoms with van der Waals surface area (Å²) >= 11 is 0. The molecule has 1 rings (SSSR count). The lowest BCUT2D eigenvalue weighted by atomic mass is 10.1. The molecular weight excluding hydrogens is 376 g/mol. The van der Waals surface area contributed by atoms with Crippen molar-refractivity contribution in [2.75, 3.05) is 0 Å². The van der Waals surface area contributed by atoms with Crippen molar-refractivity contribution in [2.45, 2.75) is 129 Å². The van der Waals surface area contributed by atoms with Crippen LogP contribution in [0.15, 0.2) is 0 Å². The van der Waals surface area contributed by atoms with Crippen molar-refractivity contribution in [2.24, 2.45) is 0 Å². The summed E-state index contributed by atoms with van der Waals surface area (Å²) in [6.45, 7) is 23.0. The van der Waals surface area contributed by atoms with Crippen molar-refractivity contribution < 1.29 is 8.85 Å². The Kier molecular flexibility index (Phi) is 9.10. The van der Waals surface area contributed by atoms with Crippen molar-refractivity contribution in [3.8, 4) is 23.7 Å². The molecule has 160 valence electrons. The first-order chi connectivity index (χ1) is 12.7. The summed E-state index contributed by atoms with van der Waals surface area (Å²) in [6.07, 6.45) is 5.90. The molecule has 0 N–H and O–H groups in total. The van der Waals surface area contributed by atoms with Gasteiger partial charge in [0.2, 0.25) is 0 Å².